The summed E-state index contributed by atoms with van der Waals surface area (Å²) < 4.78 is 0. The highest BCUT2D eigenvalue weighted by Crippen LogP contribution is 2.26. The summed E-state index contributed by atoms with van der Waals surface area (Å²) >= 11 is 1.95. The zero-order valence-electron chi connectivity index (χ0n) is 11.4. The SMILES string of the molecule is CCC1CCC(NC(=O)CC2CSCCN2)CC1. The van der Waals surface area contributed by atoms with Crippen molar-refractivity contribution < 1.29 is 4.79 Å². The lowest BCUT2D eigenvalue weighted by molar-refractivity contribution is -0.122. The standard InChI is InChI=1S/C14H26N2OS/c1-2-11-3-5-12(6-4-11)16-14(17)9-13-10-18-8-7-15-13/h11-13,15H,2-10H2,1H3,(H,16,17). The first-order valence-electron chi connectivity index (χ1n) is 7.38. The first-order chi connectivity index (χ1) is 8.78. The molecule has 2 N–H and O–H groups in total. The molecule has 1 amide bonds. The van der Waals surface area contributed by atoms with Gasteiger partial charge in [0.1, 0.15) is 0 Å². The lowest BCUT2D eigenvalue weighted by Crippen LogP contribution is -2.44. The van der Waals surface area contributed by atoms with E-state index in [1.165, 1.54) is 37.9 Å². The van der Waals surface area contributed by atoms with E-state index in [9.17, 15) is 4.79 Å². The van der Waals surface area contributed by atoms with Crippen LogP contribution in [0.3, 0.4) is 0 Å². The van der Waals surface area contributed by atoms with Crippen molar-refractivity contribution in [2.45, 2.75) is 57.5 Å². The molecule has 0 aromatic carbocycles. The highest BCUT2D eigenvalue weighted by molar-refractivity contribution is 7.99. The van der Waals surface area contributed by atoms with Crippen molar-refractivity contribution in [1.82, 2.24) is 10.6 Å². The van der Waals surface area contributed by atoms with Crippen molar-refractivity contribution in [2.24, 2.45) is 5.92 Å². The first kappa shape index (κ1) is 14.2. The summed E-state index contributed by atoms with van der Waals surface area (Å²) in [6, 6.07) is 0.826. The van der Waals surface area contributed by atoms with Crippen LogP contribution in [0, 0.1) is 5.92 Å². The summed E-state index contributed by atoms with van der Waals surface area (Å²) in [6.45, 7) is 3.32. The molecule has 4 heteroatoms. The van der Waals surface area contributed by atoms with Gasteiger partial charge in [0.15, 0.2) is 0 Å². The van der Waals surface area contributed by atoms with Gasteiger partial charge in [-0.1, -0.05) is 13.3 Å². The summed E-state index contributed by atoms with van der Waals surface area (Å²) in [7, 11) is 0. The molecular weight excluding hydrogens is 244 g/mol. The van der Waals surface area contributed by atoms with Crippen LogP contribution in [0.15, 0.2) is 0 Å². The van der Waals surface area contributed by atoms with Crippen LogP contribution in [-0.2, 0) is 4.79 Å². The predicted molar refractivity (Wildman–Crippen MR) is 77.9 cm³/mol. The van der Waals surface area contributed by atoms with Gasteiger partial charge in [0.2, 0.25) is 5.91 Å². The molecule has 104 valence electrons. The number of thioether (sulfide) groups is 1. The molecule has 3 nitrogen and oxygen atoms in total. The third-order valence-corrected chi connectivity index (χ3v) is 5.35. The van der Waals surface area contributed by atoms with Crippen molar-refractivity contribution in [3.05, 3.63) is 0 Å². The van der Waals surface area contributed by atoms with Crippen molar-refractivity contribution in [3.8, 4) is 0 Å². The number of hydrogen-bond donors (Lipinski definition) is 2. The van der Waals surface area contributed by atoms with E-state index in [0.717, 1.165) is 18.2 Å². The summed E-state index contributed by atoms with van der Waals surface area (Å²) in [5.74, 6) is 3.40. The van der Waals surface area contributed by atoms with Crippen molar-refractivity contribution in [3.63, 3.8) is 0 Å². The molecule has 0 bridgehead atoms. The van der Waals surface area contributed by atoms with Crippen LogP contribution >= 0.6 is 11.8 Å². The Labute approximate surface area is 115 Å². The van der Waals surface area contributed by atoms with E-state index in [-0.39, 0.29) is 5.91 Å². The fourth-order valence-electron chi connectivity index (χ4n) is 2.98. The molecule has 0 radical (unpaired) electrons. The fraction of sp³-hybridized carbons (Fsp3) is 0.929. The van der Waals surface area contributed by atoms with Gasteiger partial charge in [-0.3, -0.25) is 4.79 Å². The number of nitrogens with one attached hydrogen (secondary N) is 2. The van der Waals surface area contributed by atoms with Crippen LogP contribution in [-0.4, -0.2) is 36.0 Å². The normalized spacial score (nSPS) is 33.1. The average Bonchev–Trinajstić information content (AvgIpc) is 2.40. The van der Waals surface area contributed by atoms with E-state index in [1.807, 2.05) is 11.8 Å². The fourth-order valence-corrected chi connectivity index (χ4v) is 3.93. The maximum atomic E-state index is 12.0. The van der Waals surface area contributed by atoms with E-state index >= 15 is 0 Å². The summed E-state index contributed by atoms with van der Waals surface area (Å²) in [5.41, 5.74) is 0. The van der Waals surface area contributed by atoms with Crippen LogP contribution in [0.4, 0.5) is 0 Å². The molecule has 1 unspecified atom stereocenters. The van der Waals surface area contributed by atoms with Crippen LogP contribution in [0.25, 0.3) is 0 Å². The molecule has 1 atom stereocenters. The summed E-state index contributed by atoms with van der Waals surface area (Å²) in [5, 5.41) is 6.64. The van der Waals surface area contributed by atoms with E-state index in [4.69, 9.17) is 0 Å². The Morgan fingerprint density at radius 2 is 2.11 bits per heavy atom. The maximum absolute atomic E-state index is 12.0. The third-order valence-electron chi connectivity index (χ3n) is 4.22. The van der Waals surface area contributed by atoms with Gasteiger partial charge in [-0.2, -0.15) is 11.8 Å². The summed E-state index contributed by atoms with van der Waals surface area (Å²) in [4.78, 5) is 12.0. The highest BCUT2D eigenvalue weighted by atomic mass is 32.2. The van der Waals surface area contributed by atoms with E-state index in [1.54, 1.807) is 0 Å². The molecule has 1 heterocycles. The minimum absolute atomic E-state index is 0.245. The maximum Gasteiger partial charge on any atom is 0.221 e. The van der Waals surface area contributed by atoms with Gasteiger partial charge in [0, 0.05) is 36.6 Å². The number of amides is 1. The Kier molecular flexibility index (Phi) is 5.83. The second-order valence-electron chi connectivity index (χ2n) is 5.62. The van der Waals surface area contributed by atoms with Gasteiger partial charge in [-0.05, 0) is 31.6 Å². The van der Waals surface area contributed by atoms with Crippen LogP contribution in [0.2, 0.25) is 0 Å². The Morgan fingerprint density at radius 1 is 1.33 bits per heavy atom. The van der Waals surface area contributed by atoms with Gasteiger partial charge < -0.3 is 10.6 Å². The molecular formula is C14H26N2OS. The zero-order chi connectivity index (χ0) is 12.8. The second-order valence-corrected chi connectivity index (χ2v) is 6.77. The zero-order valence-corrected chi connectivity index (χ0v) is 12.2. The average molecular weight is 270 g/mol. The molecule has 0 spiro atoms. The molecule has 1 aliphatic carbocycles. The molecule has 18 heavy (non-hydrogen) atoms. The quantitative estimate of drug-likeness (QED) is 0.822. The Hall–Kier alpha value is -0.220. The Morgan fingerprint density at radius 3 is 2.72 bits per heavy atom. The predicted octanol–water partition coefficient (Wildman–Crippen LogP) is 2.17. The van der Waals surface area contributed by atoms with Crippen molar-refractivity contribution in [1.29, 1.82) is 0 Å². The lowest BCUT2D eigenvalue weighted by Gasteiger charge is -2.29. The monoisotopic (exact) mass is 270 g/mol. The number of rotatable bonds is 4. The van der Waals surface area contributed by atoms with Crippen LogP contribution in [0.5, 0.6) is 0 Å². The van der Waals surface area contributed by atoms with Crippen LogP contribution < -0.4 is 10.6 Å². The van der Waals surface area contributed by atoms with E-state index < -0.39 is 0 Å². The van der Waals surface area contributed by atoms with Crippen molar-refractivity contribution >= 4 is 17.7 Å². The van der Waals surface area contributed by atoms with Gasteiger partial charge in [-0.15, -0.1) is 0 Å². The molecule has 2 fully saturated rings. The first-order valence-corrected chi connectivity index (χ1v) is 8.54. The van der Waals surface area contributed by atoms with Gasteiger partial charge >= 0.3 is 0 Å². The molecule has 2 rings (SSSR count). The van der Waals surface area contributed by atoms with Crippen molar-refractivity contribution in [2.75, 3.05) is 18.1 Å². The number of carbonyl (C=O) groups is 1. The smallest absolute Gasteiger partial charge is 0.221 e. The molecule has 0 aromatic heterocycles. The Bertz CT molecular complexity index is 259. The summed E-state index contributed by atoms with van der Waals surface area (Å²) in [6.07, 6.45) is 6.89. The molecule has 1 saturated heterocycles. The number of carbonyl (C=O) groups excluding carboxylic acids is 1. The highest BCUT2D eigenvalue weighted by Gasteiger charge is 2.23. The minimum Gasteiger partial charge on any atom is -0.353 e. The molecule has 2 aliphatic rings. The second kappa shape index (κ2) is 7.39. The topological polar surface area (TPSA) is 41.1 Å². The lowest BCUT2D eigenvalue weighted by atomic mass is 9.84. The van der Waals surface area contributed by atoms with Gasteiger partial charge in [0.25, 0.3) is 0 Å². The van der Waals surface area contributed by atoms with Crippen LogP contribution in [0.1, 0.15) is 45.4 Å². The van der Waals surface area contributed by atoms with Gasteiger partial charge in [-0.25, -0.2) is 0 Å². The molecule has 1 aliphatic heterocycles. The largest absolute Gasteiger partial charge is 0.353 e. The third kappa shape index (κ3) is 4.47. The van der Waals surface area contributed by atoms with E-state index in [2.05, 4.69) is 17.6 Å². The van der Waals surface area contributed by atoms with E-state index in [0.29, 0.717) is 18.5 Å². The van der Waals surface area contributed by atoms with Gasteiger partial charge in [0.05, 0.1) is 0 Å². The minimum atomic E-state index is 0.245. The number of hydrogen-bond acceptors (Lipinski definition) is 3. The Balaban J connectivity index is 1.65. The molecule has 1 saturated carbocycles. The molecule has 0 aromatic rings.